The van der Waals surface area contributed by atoms with Gasteiger partial charge in [-0.2, -0.15) is 4.98 Å². The molecule has 4 rings (SSSR count). The molecule has 0 unspecified atom stereocenters. The smallest absolute Gasteiger partial charge is 0.234 e. The summed E-state index contributed by atoms with van der Waals surface area (Å²) in [5, 5.41) is 2.78. The Hall–Kier alpha value is -3.17. The van der Waals surface area contributed by atoms with Crippen LogP contribution in [0.3, 0.4) is 0 Å². The molecular weight excluding hydrogens is 499 g/mol. The summed E-state index contributed by atoms with van der Waals surface area (Å²) < 4.78 is 51.6. The van der Waals surface area contributed by atoms with Gasteiger partial charge < -0.3 is 14.5 Å². The molecule has 0 spiro atoms. The van der Waals surface area contributed by atoms with Crippen molar-refractivity contribution in [3.8, 4) is 17.2 Å². The van der Waals surface area contributed by atoms with Gasteiger partial charge in [0.05, 0.1) is 12.0 Å². The number of sulfone groups is 1. The monoisotopic (exact) mass is 516 g/mol. The van der Waals surface area contributed by atoms with Crippen molar-refractivity contribution in [3.63, 3.8) is 0 Å². The molecule has 1 N–H and O–H groups in total. The lowest BCUT2D eigenvalue weighted by atomic mass is 10.2. The molecule has 0 saturated heterocycles. The Morgan fingerprint density at radius 2 is 1.66 bits per heavy atom. The van der Waals surface area contributed by atoms with Crippen molar-refractivity contribution in [2.24, 2.45) is 0 Å². The molecule has 3 aromatic carbocycles. The van der Waals surface area contributed by atoms with E-state index in [-0.39, 0.29) is 21.7 Å². The van der Waals surface area contributed by atoms with E-state index in [2.05, 4.69) is 26.2 Å². The van der Waals surface area contributed by atoms with Gasteiger partial charge in [-0.3, -0.25) is 0 Å². The summed E-state index contributed by atoms with van der Waals surface area (Å²) in [5.41, 5.74) is 1.34. The Bertz CT molecular complexity index is 1320. The molecule has 9 heteroatoms. The highest BCUT2D eigenvalue weighted by molar-refractivity contribution is 9.10. The predicted octanol–water partition coefficient (Wildman–Crippen LogP) is 5.70. The molecular formula is C23H18BrFN2O4S. The molecule has 0 atom stereocenters. The van der Waals surface area contributed by atoms with E-state index in [1.54, 1.807) is 31.4 Å². The van der Waals surface area contributed by atoms with Crippen LogP contribution in [-0.4, -0.2) is 20.5 Å². The van der Waals surface area contributed by atoms with Crippen molar-refractivity contribution in [1.29, 1.82) is 0 Å². The fourth-order valence-electron chi connectivity index (χ4n) is 2.97. The van der Waals surface area contributed by atoms with E-state index in [9.17, 15) is 12.8 Å². The van der Waals surface area contributed by atoms with Gasteiger partial charge in [0.1, 0.15) is 11.6 Å². The van der Waals surface area contributed by atoms with E-state index < -0.39 is 15.7 Å². The maximum absolute atomic E-state index is 13.3. The van der Waals surface area contributed by atoms with Crippen molar-refractivity contribution < 1.29 is 22.0 Å². The Morgan fingerprint density at radius 3 is 2.28 bits per heavy atom. The second-order valence-corrected chi connectivity index (χ2v) is 9.60. The zero-order chi connectivity index (χ0) is 22.7. The van der Waals surface area contributed by atoms with E-state index >= 15 is 0 Å². The molecule has 0 radical (unpaired) electrons. The highest BCUT2D eigenvalue weighted by Crippen LogP contribution is 2.33. The fourth-order valence-corrected chi connectivity index (χ4v) is 4.51. The third-order valence-electron chi connectivity index (χ3n) is 4.68. The van der Waals surface area contributed by atoms with E-state index in [0.717, 1.165) is 10.0 Å². The number of nitrogens with one attached hydrogen (secondary N) is 1. The van der Waals surface area contributed by atoms with Gasteiger partial charge in [-0.15, -0.1) is 0 Å². The molecule has 0 saturated carbocycles. The number of methoxy groups -OCH3 is 1. The number of nitrogens with zero attached hydrogens (tertiary/aromatic N) is 1. The van der Waals surface area contributed by atoms with Crippen LogP contribution < -0.4 is 10.1 Å². The largest absolute Gasteiger partial charge is 0.497 e. The first kappa shape index (κ1) is 22.0. The lowest BCUT2D eigenvalue weighted by molar-refractivity contribution is 0.414. The molecule has 0 amide bonds. The number of hydrogen-bond donors (Lipinski definition) is 1. The van der Waals surface area contributed by atoms with Crippen LogP contribution in [0.25, 0.3) is 11.5 Å². The van der Waals surface area contributed by atoms with Crippen molar-refractivity contribution in [2.45, 2.75) is 16.5 Å². The van der Waals surface area contributed by atoms with E-state index in [0.29, 0.717) is 17.9 Å². The number of hydrogen-bond acceptors (Lipinski definition) is 6. The molecule has 0 aliphatic rings. The number of oxazole rings is 1. The van der Waals surface area contributed by atoms with Crippen molar-refractivity contribution in [3.05, 3.63) is 88.6 Å². The van der Waals surface area contributed by atoms with E-state index in [4.69, 9.17) is 9.15 Å². The van der Waals surface area contributed by atoms with Crippen molar-refractivity contribution in [1.82, 2.24) is 4.98 Å². The molecule has 0 aliphatic carbocycles. The lowest BCUT2D eigenvalue weighted by Gasteiger charge is -2.07. The number of aromatic nitrogens is 1. The van der Waals surface area contributed by atoms with Crippen LogP contribution in [0.4, 0.5) is 10.3 Å². The Kier molecular flexibility index (Phi) is 6.29. The minimum absolute atomic E-state index is 0.00284. The molecule has 6 nitrogen and oxygen atoms in total. The first-order valence-electron chi connectivity index (χ1n) is 9.51. The zero-order valence-corrected chi connectivity index (χ0v) is 19.3. The van der Waals surface area contributed by atoms with Gasteiger partial charge in [0.25, 0.3) is 0 Å². The molecule has 1 aromatic heterocycles. The fraction of sp³-hybridized carbons (Fsp3) is 0.0870. The third-order valence-corrected chi connectivity index (χ3v) is 6.89. The molecule has 1 heterocycles. The lowest BCUT2D eigenvalue weighted by Crippen LogP contribution is -2.07. The summed E-state index contributed by atoms with van der Waals surface area (Å²) in [6.07, 6.45) is 0. The molecule has 0 bridgehead atoms. The minimum Gasteiger partial charge on any atom is -0.497 e. The maximum atomic E-state index is 13.3. The first-order valence-corrected chi connectivity index (χ1v) is 11.8. The molecule has 164 valence electrons. The van der Waals surface area contributed by atoms with Crippen molar-refractivity contribution >= 4 is 31.7 Å². The Balaban J connectivity index is 1.72. The van der Waals surface area contributed by atoms with Gasteiger partial charge in [-0.25, -0.2) is 12.8 Å². The Morgan fingerprint density at radius 1 is 1.00 bits per heavy atom. The van der Waals surface area contributed by atoms with Crippen LogP contribution in [0, 0.1) is 5.82 Å². The van der Waals surface area contributed by atoms with E-state index in [1.807, 2.05) is 12.1 Å². The average molecular weight is 517 g/mol. The standard InChI is InChI=1S/C23H18BrFN2O4S/c1-30-19-10-2-15(3-11-19)14-26-22-23(32(28,29)20-12-6-17(24)7-13-20)27-21(31-22)16-4-8-18(25)9-5-16/h2-13,26H,14H2,1H3. The molecule has 4 aromatic rings. The highest BCUT2D eigenvalue weighted by atomic mass is 79.9. The van der Waals surface area contributed by atoms with Gasteiger partial charge in [-0.05, 0) is 66.2 Å². The zero-order valence-electron chi connectivity index (χ0n) is 16.9. The second-order valence-electron chi connectivity index (χ2n) is 6.82. The molecule has 0 fully saturated rings. The first-order chi connectivity index (χ1) is 15.4. The number of rotatable bonds is 7. The van der Waals surface area contributed by atoms with Crippen molar-refractivity contribution in [2.75, 3.05) is 12.4 Å². The van der Waals surface area contributed by atoms with Gasteiger partial charge >= 0.3 is 0 Å². The highest BCUT2D eigenvalue weighted by Gasteiger charge is 2.28. The van der Waals surface area contributed by atoms with Crippen LogP contribution in [0.5, 0.6) is 5.75 Å². The van der Waals surface area contributed by atoms with Gasteiger partial charge in [-0.1, -0.05) is 28.1 Å². The summed E-state index contributed by atoms with van der Waals surface area (Å²) in [6, 6.07) is 19.0. The van der Waals surface area contributed by atoms with Crippen LogP contribution in [0.15, 0.2) is 91.6 Å². The van der Waals surface area contributed by atoms with Crippen LogP contribution in [-0.2, 0) is 16.4 Å². The summed E-state index contributed by atoms with van der Waals surface area (Å²) in [5.74, 6) is 0.368. The van der Waals surface area contributed by atoms with Gasteiger partial charge in [0.15, 0.2) is 0 Å². The summed E-state index contributed by atoms with van der Waals surface area (Å²) in [4.78, 5) is 4.33. The van der Waals surface area contributed by atoms with Crippen LogP contribution in [0.2, 0.25) is 0 Å². The van der Waals surface area contributed by atoms with Crippen LogP contribution >= 0.6 is 15.9 Å². The van der Waals surface area contributed by atoms with E-state index in [1.165, 1.54) is 36.4 Å². The Labute approximate surface area is 193 Å². The third kappa shape index (κ3) is 4.68. The second kappa shape index (κ2) is 9.13. The molecule has 32 heavy (non-hydrogen) atoms. The quantitative estimate of drug-likeness (QED) is 0.339. The summed E-state index contributed by atoms with van der Waals surface area (Å²) in [7, 11) is -2.40. The maximum Gasteiger partial charge on any atom is 0.234 e. The normalized spacial score (nSPS) is 11.3. The van der Waals surface area contributed by atoms with Gasteiger partial charge in [0, 0.05) is 16.6 Å². The van der Waals surface area contributed by atoms with Gasteiger partial charge in [0.2, 0.25) is 26.6 Å². The SMILES string of the molecule is COc1ccc(CNc2oc(-c3ccc(F)cc3)nc2S(=O)(=O)c2ccc(Br)cc2)cc1. The number of benzene rings is 3. The average Bonchev–Trinajstić information content (AvgIpc) is 3.24. The minimum atomic E-state index is -3.98. The number of anilines is 1. The molecule has 0 aliphatic heterocycles. The summed E-state index contributed by atoms with van der Waals surface area (Å²) in [6.45, 7) is 0.297. The summed E-state index contributed by atoms with van der Waals surface area (Å²) >= 11 is 3.30. The van der Waals surface area contributed by atoms with Crippen LogP contribution in [0.1, 0.15) is 5.56 Å². The predicted molar refractivity (Wildman–Crippen MR) is 122 cm³/mol. The number of halogens is 2. The number of ether oxygens (including phenoxy) is 1. The topological polar surface area (TPSA) is 81.4 Å².